The predicted octanol–water partition coefficient (Wildman–Crippen LogP) is -0.0743. The minimum atomic E-state index is -0.494. The second-order valence-electron chi connectivity index (χ2n) is 5.06. The molecule has 1 saturated heterocycles. The van der Waals surface area contributed by atoms with Gasteiger partial charge in [-0.05, 0) is 12.8 Å². The molecule has 1 aromatic carbocycles. The minimum Gasteiger partial charge on any atom is -0.372 e. The van der Waals surface area contributed by atoms with Crippen LogP contribution in [-0.2, 0) is 9.53 Å². The molecule has 2 rings (SSSR count). The fraction of sp³-hybridized carbons (Fsp3) is 0.467. The number of hydrogen-bond donors (Lipinski definition) is 3. The molecule has 2 atom stereocenters. The number of nitrogens with two attached hydrogens (primary N) is 1. The van der Waals surface area contributed by atoms with Crippen LogP contribution in [0.25, 0.3) is 0 Å². The van der Waals surface area contributed by atoms with E-state index >= 15 is 0 Å². The summed E-state index contributed by atoms with van der Waals surface area (Å²) < 4.78 is 5.58. The molecule has 0 saturated carbocycles. The maximum absolute atomic E-state index is 12.3. The summed E-state index contributed by atoms with van der Waals surface area (Å²) in [6, 6.07) is 8.50. The van der Waals surface area contributed by atoms with Crippen LogP contribution in [0.1, 0.15) is 24.4 Å². The van der Waals surface area contributed by atoms with Gasteiger partial charge < -0.3 is 15.4 Å². The lowest BCUT2D eigenvalue weighted by Crippen LogP contribution is -2.89. The van der Waals surface area contributed by atoms with Gasteiger partial charge in [0, 0.05) is 19.2 Å². The number of imide groups is 1. The average molecular weight is 292 g/mol. The number of benzene rings is 1. The van der Waals surface area contributed by atoms with Crippen molar-refractivity contribution in [3.05, 3.63) is 35.9 Å². The van der Waals surface area contributed by atoms with Gasteiger partial charge in [0.1, 0.15) is 12.6 Å². The molecule has 1 heterocycles. The van der Waals surface area contributed by atoms with Crippen LogP contribution in [0.4, 0.5) is 4.79 Å². The molecule has 6 nitrogen and oxygen atoms in total. The lowest BCUT2D eigenvalue weighted by atomic mass is 10.1. The largest absolute Gasteiger partial charge is 0.372 e. The standard InChI is InChI=1S/C15H21N3O3/c1-16-15(20)18-14(19)13(11-6-3-2-4-7-11)17-10-12-8-5-9-21-12/h2-4,6-7,12-13,17H,5,8-10H2,1H3,(H2,16,18,19,20)/p+1/t12-,13-/m0/s1. The second kappa shape index (κ2) is 7.75. The fourth-order valence-electron chi connectivity index (χ4n) is 2.43. The summed E-state index contributed by atoms with van der Waals surface area (Å²) in [6.07, 6.45) is 2.28. The van der Waals surface area contributed by atoms with Crippen molar-refractivity contribution >= 4 is 11.9 Å². The van der Waals surface area contributed by atoms with Crippen LogP contribution < -0.4 is 16.0 Å². The van der Waals surface area contributed by atoms with Crippen LogP contribution in [0, 0.1) is 0 Å². The van der Waals surface area contributed by atoms with E-state index in [1.807, 2.05) is 35.6 Å². The summed E-state index contributed by atoms with van der Waals surface area (Å²) >= 11 is 0. The number of urea groups is 1. The van der Waals surface area contributed by atoms with E-state index in [0.29, 0.717) is 6.54 Å². The van der Waals surface area contributed by atoms with E-state index in [1.165, 1.54) is 7.05 Å². The first-order valence-electron chi connectivity index (χ1n) is 7.23. The number of hydrogen-bond acceptors (Lipinski definition) is 3. The average Bonchev–Trinajstić information content (AvgIpc) is 3.01. The molecule has 0 radical (unpaired) electrons. The smallest absolute Gasteiger partial charge is 0.321 e. The van der Waals surface area contributed by atoms with E-state index in [4.69, 9.17) is 4.74 Å². The van der Waals surface area contributed by atoms with E-state index in [9.17, 15) is 9.59 Å². The molecule has 1 aliphatic heterocycles. The van der Waals surface area contributed by atoms with Crippen LogP contribution in [0.2, 0.25) is 0 Å². The third-order valence-electron chi connectivity index (χ3n) is 3.56. The van der Waals surface area contributed by atoms with E-state index in [0.717, 1.165) is 25.0 Å². The summed E-state index contributed by atoms with van der Waals surface area (Å²) in [5.74, 6) is -0.321. The van der Waals surface area contributed by atoms with E-state index in [-0.39, 0.29) is 12.0 Å². The van der Waals surface area contributed by atoms with Crippen molar-refractivity contribution in [2.24, 2.45) is 0 Å². The summed E-state index contributed by atoms with van der Waals surface area (Å²) in [4.78, 5) is 23.6. The van der Waals surface area contributed by atoms with Crippen LogP contribution in [-0.4, -0.2) is 38.2 Å². The lowest BCUT2D eigenvalue weighted by molar-refractivity contribution is -0.688. The Morgan fingerprint density at radius 1 is 1.38 bits per heavy atom. The molecule has 1 aromatic rings. The van der Waals surface area contributed by atoms with Crippen LogP contribution in [0.15, 0.2) is 30.3 Å². The van der Waals surface area contributed by atoms with Gasteiger partial charge in [-0.2, -0.15) is 0 Å². The molecule has 1 fully saturated rings. The summed E-state index contributed by atoms with van der Waals surface area (Å²) in [7, 11) is 1.48. The molecular formula is C15H22N3O3+. The topological polar surface area (TPSA) is 84.0 Å². The zero-order valence-electron chi connectivity index (χ0n) is 12.2. The number of carbonyl (C=O) groups excluding carboxylic acids is 2. The minimum absolute atomic E-state index is 0.184. The monoisotopic (exact) mass is 292 g/mol. The highest BCUT2D eigenvalue weighted by Gasteiger charge is 2.27. The SMILES string of the molecule is CNC(=O)NC(=O)[C@@H]([NH2+]C[C@@H]1CCCO1)c1ccccc1. The van der Waals surface area contributed by atoms with Crippen LogP contribution in [0.5, 0.6) is 0 Å². The van der Waals surface area contributed by atoms with Crippen LogP contribution in [0.3, 0.4) is 0 Å². The molecule has 0 aliphatic carbocycles. The molecule has 4 N–H and O–H groups in total. The van der Waals surface area contributed by atoms with Gasteiger partial charge in [0.05, 0.1) is 0 Å². The Hall–Kier alpha value is -1.92. The van der Waals surface area contributed by atoms with Crippen molar-refractivity contribution in [1.82, 2.24) is 10.6 Å². The predicted molar refractivity (Wildman–Crippen MR) is 77.5 cm³/mol. The van der Waals surface area contributed by atoms with Gasteiger partial charge in [-0.3, -0.25) is 10.1 Å². The van der Waals surface area contributed by atoms with Gasteiger partial charge in [0.25, 0.3) is 5.91 Å². The molecule has 0 unspecified atom stereocenters. The molecule has 0 spiro atoms. The van der Waals surface area contributed by atoms with Gasteiger partial charge >= 0.3 is 6.03 Å². The van der Waals surface area contributed by atoms with Gasteiger partial charge in [-0.15, -0.1) is 0 Å². The Morgan fingerprint density at radius 2 is 2.14 bits per heavy atom. The molecule has 6 heteroatoms. The highest BCUT2D eigenvalue weighted by atomic mass is 16.5. The number of rotatable bonds is 5. The van der Waals surface area contributed by atoms with Crippen molar-refractivity contribution in [1.29, 1.82) is 0 Å². The number of quaternary nitrogens is 1. The first-order valence-corrected chi connectivity index (χ1v) is 7.23. The van der Waals surface area contributed by atoms with Gasteiger partial charge in [-0.1, -0.05) is 30.3 Å². The lowest BCUT2D eigenvalue weighted by Gasteiger charge is -2.17. The molecule has 0 bridgehead atoms. The molecule has 3 amide bonds. The van der Waals surface area contributed by atoms with E-state index in [2.05, 4.69) is 10.6 Å². The number of carbonyl (C=O) groups is 2. The van der Waals surface area contributed by atoms with Gasteiger partial charge in [-0.25, -0.2) is 4.79 Å². The van der Waals surface area contributed by atoms with Gasteiger partial charge in [0.15, 0.2) is 6.04 Å². The fourth-order valence-corrected chi connectivity index (χ4v) is 2.43. The summed E-state index contributed by atoms with van der Waals surface area (Å²) in [6.45, 7) is 1.50. The second-order valence-corrected chi connectivity index (χ2v) is 5.06. The third-order valence-corrected chi connectivity index (χ3v) is 3.56. The van der Waals surface area contributed by atoms with Crippen molar-refractivity contribution in [2.75, 3.05) is 20.2 Å². The van der Waals surface area contributed by atoms with E-state index in [1.54, 1.807) is 0 Å². The molecular weight excluding hydrogens is 270 g/mol. The Morgan fingerprint density at radius 3 is 2.76 bits per heavy atom. The Kier molecular flexibility index (Phi) is 5.71. The molecule has 0 aromatic heterocycles. The maximum Gasteiger partial charge on any atom is 0.321 e. The van der Waals surface area contributed by atoms with Crippen molar-refractivity contribution in [2.45, 2.75) is 25.0 Å². The highest BCUT2D eigenvalue weighted by molar-refractivity contribution is 5.96. The number of nitrogens with one attached hydrogen (secondary N) is 2. The number of amides is 3. The van der Waals surface area contributed by atoms with Crippen molar-refractivity contribution in [3.63, 3.8) is 0 Å². The van der Waals surface area contributed by atoms with Crippen molar-refractivity contribution < 1.29 is 19.6 Å². The zero-order chi connectivity index (χ0) is 15.1. The maximum atomic E-state index is 12.3. The molecule has 114 valence electrons. The van der Waals surface area contributed by atoms with Crippen LogP contribution >= 0.6 is 0 Å². The Labute approximate surface area is 124 Å². The van der Waals surface area contributed by atoms with Crippen molar-refractivity contribution in [3.8, 4) is 0 Å². The van der Waals surface area contributed by atoms with E-state index < -0.39 is 12.1 Å². The first kappa shape index (κ1) is 15.5. The van der Waals surface area contributed by atoms with Gasteiger partial charge in [0.2, 0.25) is 0 Å². The normalized spacial score (nSPS) is 19.0. The summed E-state index contributed by atoms with van der Waals surface area (Å²) in [5.41, 5.74) is 0.872. The first-order chi connectivity index (χ1) is 10.2. The Balaban J connectivity index is 2.02. The third kappa shape index (κ3) is 4.54. The zero-order valence-corrected chi connectivity index (χ0v) is 12.2. The molecule has 21 heavy (non-hydrogen) atoms. The summed E-state index contributed by atoms with van der Waals surface area (Å²) in [5, 5.41) is 6.67. The quantitative estimate of drug-likeness (QED) is 0.710. The molecule has 1 aliphatic rings. The Bertz CT molecular complexity index is 472. The number of ether oxygens (including phenoxy) is 1. The highest BCUT2D eigenvalue weighted by Crippen LogP contribution is 2.11.